The van der Waals surface area contributed by atoms with Crippen LogP contribution in [0.1, 0.15) is 38.3 Å². The molecule has 114 valence electrons. The molecule has 0 aromatic heterocycles. The lowest BCUT2D eigenvalue weighted by molar-refractivity contribution is -0.144. The van der Waals surface area contributed by atoms with Crippen LogP contribution in [-0.4, -0.2) is 22.8 Å². The van der Waals surface area contributed by atoms with E-state index < -0.39 is 5.41 Å². The number of rotatable bonds is 4. The molecule has 1 amide bonds. The molecule has 1 unspecified atom stereocenters. The second kappa shape index (κ2) is 5.93. The third-order valence-corrected chi connectivity index (χ3v) is 5.17. The van der Waals surface area contributed by atoms with Crippen molar-refractivity contribution in [3.63, 3.8) is 0 Å². The molecule has 2 N–H and O–H groups in total. The van der Waals surface area contributed by atoms with Gasteiger partial charge in [0, 0.05) is 12.1 Å². The number of nitrogens with zero attached hydrogens (tertiary/aromatic N) is 1. The van der Waals surface area contributed by atoms with Crippen LogP contribution in [0.5, 0.6) is 0 Å². The van der Waals surface area contributed by atoms with Gasteiger partial charge in [-0.1, -0.05) is 42.9 Å². The van der Waals surface area contributed by atoms with E-state index in [0.29, 0.717) is 15.9 Å². The molecular formula is C16H21ClN2OS. The number of thiocarbonyl (C=S) groups is 1. The summed E-state index contributed by atoms with van der Waals surface area (Å²) >= 11 is 11.1. The molecule has 0 aliphatic heterocycles. The monoisotopic (exact) mass is 324 g/mol. The lowest BCUT2D eigenvalue weighted by atomic mass is 9.61. The van der Waals surface area contributed by atoms with Gasteiger partial charge < -0.3 is 10.6 Å². The van der Waals surface area contributed by atoms with Crippen molar-refractivity contribution in [1.82, 2.24) is 4.90 Å². The summed E-state index contributed by atoms with van der Waals surface area (Å²) in [5, 5.41) is 0.687. The third kappa shape index (κ3) is 2.92. The summed E-state index contributed by atoms with van der Waals surface area (Å²) in [5.74, 6) is 0.519. The SMILES string of the molecule is CC1CC(C(=O)N(C)C(C)c2ccc(Cl)cc2)(C(N)=S)C1. The third-order valence-electron chi connectivity index (χ3n) is 4.53. The molecule has 21 heavy (non-hydrogen) atoms. The first-order valence-corrected chi connectivity index (χ1v) is 7.89. The molecule has 1 aromatic carbocycles. The standard InChI is InChI=1S/C16H21ClN2OS/c1-10-8-16(9-10,14(18)21)15(20)19(3)11(2)12-4-6-13(17)7-5-12/h4-7,10-11H,8-9H2,1-3H3,(H2,18,21). The maximum Gasteiger partial charge on any atom is 0.235 e. The Labute approximate surface area is 136 Å². The first-order chi connectivity index (χ1) is 9.78. The van der Waals surface area contributed by atoms with E-state index >= 15 is 0 Å². The van der Waals surface area contributed by atoms with E-state index in [0.717, 1.165) is 18.4 Å². The Balaban J connectivity index is 2.18. The van der Waals surface area contributed by atoms with Gasteiger partial charge in [-0.15, -0.1) is 0 Å². The van der Waals surface area contributed by atoms with E-state index in [2.05, 4.69) is 6.92 Å². The quantitative estimate of drug-likeness (QED) is 0.861. The van der Waals surface area contributed by atoms with Gasteiger partial charge in [-0.05, 0) is 43.4 Å². The molecule has 0 heterocycles. The fourth-order valence-corrected chi connectivity index (χ4v) is 3.47. The minimum atomic E-state index is -0.649. The first-order valence-electron chi connectivity index (χ1n) is 7.10. The Morgan fingerprint density at radius 2 is 1.95 bits per heavy atom. The van der Waals surface area contributed by atoms with E-state index in [1.165, 1.54) is 0 Å². The van der Waals surface area contributed by atoms with Crippen LogP contribution in [0.2, 0.25) is 5.02 Å². The molecule has 1 aromatic rings. The Morgan fingerprint density at radius 1 is 1.43 bits per heavy atom. The van der Waals surface area contributed by atoms with E-state index in [9.17, 15) is 4.79 Å². The normalized spacial score (nSPS) is 25.8. The predicted octanol–water partition coefficient (Wildman–Crippen LogP) is 3.56. The van der Waals surface area contributed by atoms with Crippen LogP contribution in [0.4, 0.5) is 0 Å². The maximum absolute atomic E-state index is 12.8. The molecule has 2 rings (SSSR count). The molecular weight excluding hydrogens is 304 g/mol. The summed E-state index contributed by atoms with van der Waals surface area (Å²) in [6.07, 6.45) is 1.50. The molecule has 5 heteroatoms. The van der Waals surface area contributed by atoms with E-state index in [4.69, 9.17) is 29.6 Å². The van der Waals surface area contributed by atoms with E-state index in [1.54, 1.807) is 4.90 Å². The van der Waals surface area contributed by atoms with Crippen LogP contribution in [-0.2, 0) is 4.79 Å². The van der Waals surface area contributed by atoms with Crippen molar-refractivity contribution in [3.8, 4) is 0 Å². The number of carbonyl (C=O) groups is 1. The Morgan fingerprint density at radius 3 is 2.38 bits per heavy atom. The molecule has 3 nitrogen and oxygen atoms in total. The van der Waals surface area contributed by atoms with Crippen molar-refractivity contribution in [2.45, 2.75) is 32.7 Å². The number of halogens is 1. The van der Waals surface area contributed by atoms with E-state index in [1.807, 2.05) is 38.2 Å². The van der Waals surface area contributed by atoms with Gasteiger partial charge in [0.25, 0.3) is 0 Å². The summed E-state index contributed by atoms with van der Waals surface area (Å²) in [4.78, 5) is 14.9. The second-order valence-corrected chi connectivity index (χ2v) is 6.98. The van der Waals surface area contributed by atoms with Gasteiger partial charge in [0.05, 0.1) is 16.4 Å². The molecule has 1 atom stereocenters. The molecule has 1 aliphatic carbocycles. The van der Waals surface area contributed by atoms with Crippen molar-refractivity contribution in [3.05, 3.63) is 34.9 Å². The summed E-state index contributed by atoms with van der Waals surface area (Å²) in [6, 6.07) is 7.50. The highest BCUT2D eigenvalue weighted by molar-refractivity contribution is 7.80. The largest absolute Gasteiger partial charge is 0.392 e. The highest BCUT2D eigenvalue weighted by Gasteiger charge is 2.52. The van der Waals surface area contributed by atoms with Crippen molar-refractivity contribution < 1.29 is 4.79 Å². The highest BCUT2D eigenvalue weighted by atomic mass is 35.5. The van der Waals surface area contributed by atoms with Crippen molar-refractivity contribution in [1.29, 1.82) is 0 Å². The fourth-order valence-electron chi connectivity index (χ4n) is 3.09. The zero-order valence-electron chi connectivity index (χ0n) is 12.6. The summed E-state index contributed by atoms with van der Waals surface area (Å²) in [5.41, 5.74) is 6.25. The van der Waals surface area contributed by atoms with Gasteiger partial charge in [0.1, 0.15) is 0 Å². The van der Waals surface area contributed by atoms with Crippen LogP contribution >= 0.6 is 23.8 Å². The molecule has 0 spiro atoms. The molecule has 1 fully saturated rings. The minimum absolute atomic E-state index is 0.0237. The van der Waals surface area contributed by atoms with Crippen molar-refractivity contribution >= 4 is 34.7 Å². The number of amides is 1. The van der Waals surface area contributed by atoms with Gasteiger partial charge in [0.2, 0.25) is 5.91 Å². The average Bonchev–Trinajstić information content (AvgIpc) is 2.41. The Kier molecular flexibility index (Phi) is 4.59. The average molecular weight is 325 g/mol. The van der Waals surface area contributed by atoms with Gasteiger partial charge in [-0.3, -0.25) is 4.79 Å². The Bertz CT molecular complexity index is 552. The van der Waals surface area contributed by atoms with Crippen LogP contribution in [0, 0.1) is 11.3 Å². The highest BCUT2D eigenvalue weighted by Crippen LogP contribution is 2.47. The van der Waals surface area contributed by atoms with Gasteiger partial charge in [-0.25, -0.2) is 0 Å². The Hall–Kier alpha value is -1.13. The topological polar surface area (TPSA) is 46.3 Å². The van der Waals surface area contributed by atoms with Crippen LogP contribution < -0.4 is 5.73 Å². The van der Waals surface area contributed by atoms with Crippen molar-refractivity contribution in [2.75, 3.05) is 7.05 Å². The summed E-state index contributed by atoms with van der Waals surface area (Å²) < 4.78 is 0. The van der Waals surface area contributed by atoms with Crippen molar-refractivity contribution in [2.24, 2.45) is 17.1 Å². The van der Waals surface area contributed by atoms with Gasteiger partial charge in [0.15, 0.2) is 0 Å². The fraction of sp³-hybridized carbons (Fsp3) is 0.500. The number of benzene rings is 1. The second-order valence-electron chi connectivity index (χ2n) is 6.10. The van der Waals surface area contributed by atoms with E-state index in [-0.39, 0.29) is 11.9 Å². The zero-order chi connectivity index (χ0) is 15.8. The molecule has 1 aliphatic rings. The number of hydrogen-bond acceptors (Lipinski definition) is 2. The van der Waals surface area contributed by atoms with Crippen LogP contribution in [0.25, 0.3) is 0 Å². The number of hydrogen-bond donors (Lipinski definition) is 1. The van der Waals surface area contributed by atoms with Gasteiger partial charge in [-0.2, -0.15) is 0 Å². The predicted molar refractivity (Wildman–Crippen MR) is 90.3 cm³/mol. The summed E-state index contributed by atoms with van der Waals surface area (Å²) in [6.45, 7) is 4.11. The number of carbonyl (C=O) groups excluding carboxylic acids is 1. The molecule has 1 saturated carbocycles. The summed E-state index contributed by atoms with van der Waals surface area (Å²) in [7, 11) is 1.81. The lowest BCUT2D eigenvalue weighted by Crippen LogP contribution is -2.56. The minimum Gasteiger partial charge on any atom is -0.392 e. The molecule has 0 bridgehead atoms. The molecule has 0 saturated heterocycles. The van der Waals surface area contributed by atoms with Gasteiger partial charge >= 0.3 is 0 Å². The lowest BCUT2D eigenvalue weighted by Gasteiger charge is -2.47. The maximum atomic E-state index is 12.8. The smallest absolute Gasteiger partial charge is 0.235 e. The molecule has 0 radical (unpaired) electrons. The van der Waals surface area contributed by atoms with Crippen LogP contribution in [0.15, 0.2) is 24.3 Å². The van der Waals surface area contributed by atoms with Crippen LogP contribution in [0.3, 0.4) is 0 Å². The first kappa shape index (κ1) is 16.2. The number of nitrogens with two attached hydrogens (primary N) is 1. The zero-order valence-corrected chi connectivity index (χ0v) is 14.2.